The van der Waals surface area contributed by atoms with Gasteiger partial charge in [0.2, 0.25) is 11.8 Å². The van der Waals surface area contributed by atoms with Gasteiger partial charge in [-0.05, 0) is 42.7 Å². The van der Waals surface area contributed by atoms with Gasteiger partial charge in [-0.15, -0.1) is 0 Å². The highest BCUT2D eigenvalue weighted by Crippen LogP contribution is 2.41. The molecule has 3 heterocycles. The molecule has 7 nitrogen and oxygen atoms in total. The molecule has 0 radical (unpaired) electrons. The number of likely N-dealkylation sites (tertiary alicyclic amines) is 1. The fourth-order valence-electron chi connectivity index (χ4n) is 5.60. The number of ketones is 1. The number of amides is 2. The van der Waals surface area contributed by atoms with E-state index < -0.39 is 5.60 Å². The molecule has 178 valence electrons. The lowest BCUT2D eigenvalue weighted by Crippen LogP contribution is -2.46. The average Bonchev–Trinajstić information content (AvgIpc) is 3.41. The van der Waals surface area contributed by atoms with Gasteiger partial charge < -0.3 is 19.3 Å². The molecule has 1 spiro atoms. The van der Waals surface area contributed by atoms with Crippen molar-refractivity contribution < 1.29 is 23.9 Å². The number of rotatable bonds is 4. The van der Waals surface area contributed by atoms with Gasteiger partial charge in [0, 0.05) is 31.6 Å². The molecule has 2 aromatic rings. The van der Waals surface area contributed by atoms with E-state index in [0.29, 0.717) is 43.1 Å². The number of carbonyl (C=O) groups excluding carboxylic acids is 3. The monoisotopic (exact) mass is 462 g/mol. The second kappa shape index (κ2) is 8.46. The predicted octanol–water partition coefficient (Wildman–Crippen LogP) is 3.56. The van der Waals surface area contributed by atoms with Crippen LogP contribution < -0.4 is 14.4 Å². The van der Waals surface area contributed by atoms with Gasteiger partial charge in [-0.3, -0.25) is 14.4 Å². The van der Waals surface area contributed by atoms with Crippen molar-refractivity contribution in [1.82, 2.24) is 4.90 Å². The summed E-state index contributed by atoms with van der Waals surface area (Å²) in [4.78, 5) is 42.8. The topological polar surface area (TPSA) is 76.2 Å². The normalized spacial score (nSPS) is 23.9. The third-order valence-corrected chi connectivity index (χ3v) is 7.37. The van der Waals surface area contributed by atoms with Crippen molar-refractivity contribution in [2.75, 3.05) is 31.6 Å². The number of nitrogens with zero attached hydrogens (tertiary/aromatic N) is 2. The number of fused-ring (bicyclic) bond motifs is 1. The molecule has 34 heavy (non-hydrogen) atoms. The van der Waals surface area contributed by atoms with Crippen LogP contribution in [0.2, 0.25) is 0 Å². The van der Waals surface area contributed by atoms with Crippen molar-refractivity contribution >= 4 is 23.3 Å². The maximum Gasteiger partial charge on any atom is 0.228 e. The van der Waals surface area contributed by atoms with Crippen molar-refractivity contribution in [1.29, 1.82) is 0 Å². The Morgan fingerprint density at radius 1 is 1.24 bits per heavy atom. The molecule has 0 aliphatic carbocycles. The zero-order chi connectivity index (χ0) is 24.0. The summed E-state index contributed by atoms with van der Waals surface area (Å²) >= 11 is 0. The number of carbonyl (C=O) groups is 3. The third-order valence-electron chi connectivity index (χ3n) is 7.37. The molecular weight excluding hydrogens is 432 g/mol. The van der Waals surface area contributed by atoms with Crippen molar-refractivity contribution in [3.05, 3.63) is 53.1 Å². The molecule has 5 rings (SSSR count). The van der Waals surface area contributed by atoms with E-state index in [-0.39, 0.29) is 36.4 Å². The highest BCUT2D eigenvalue weighted by Gasteiger charge is 2.49. The molecule has 0 N–H and O–H groups in total. The number of anilines is 1. The molecule has 0 bridgehead atoms. The van der Waals surface area contributed by atoms with Gasteiger partial charge in [0.15, 0.2) is 5.78 Å². The summed E-state index contributed by atoms with van der Waals surface area (Å²) < 4.78 is 11.5. The van der Waals surface area contributed by atoms with Crippen LogP contribution in [0.5, 0.6) is 11.5 Å². The number of methoxy groups -OCH3 is 1. The van der Waals surface area contributed by atoms with Gasteiger partial charge in [0.1, 0.15) is 17.1 Å². The maximum absolute atomic E-state index is 13.4. The van der Waals surface area contributed by atoms with E-state index in [1.807, 2.05) is 25.1 Å². The quantitative estimate of drug-likeness (QED) is 0.695. The number of hydrogen-bond acceptors (Lipinski definition) is 5. The summed E-state index contributed by atoms with van der Waals surface area (Å²) in [6.07, 6.45) is 1.86. The molecular formula is C27H30N2O5. The van der Waals surface area contributed by atoms with Crippen LogP contribution in [0.25, 0.3) is 0 Å². The van der Waals surface area contributed by atoms with Crippen molar-refractivity contribution in [3.63, 3.8) is 0 Å². The fraction of sp³-hybridized carbons (Fsp3) is 0.444. The third kappa shape index (κ3) is 3.73. The minimum atomic E-state index is -0.706. The van der Waals surface area contributed by atoms with Crippen LogP contribution in [0.1, 0.15) is 47.7 Å². The first-order chi connectivity index (χ1) is 16.3. The van der Waals surface area contributed by atoms with Crippen LogP contribution in [0.15, 0.2) is 36.4 Å². The van der Waals surface area contributed by atoms with E-state index >= 15 is 0 Å². The van der Waals surface area contributed by atoms with Crippen molar-refractivity contribution in [2.24, 2.45) is 5.92 Å². The van der Waals surface area contributed by atoms with E-state index in [9.17, 15) is 14.4 Å². The van der Waals surface area contributed by atoms with Crippen molar-refractivity contribution in [3.8, 4) is 11.5 Å². The second-order valence-corrected chi connectivity index (χ2v) is 9.60. The molecule has 2 unspecified atom stereocenters. The van der Waals surface area contributed by atoms with Gasteiger partial charge in [-0.2, -0.15) is 0 Å². The fourth-order valence-corrected chi connectivity index (χ4v) is 5.60. The Hall–Kier alpha value is -3.35. The molecule has 7 heteroatoms. The molecule has 0 aromatic heterocycles. The molecule has 2 saturated heterocycles. The van der Waals surface area contributed by atoms with Crippen molar-refractivity contribution in [2.45, 2.75) is 45.1 Å². The van der Waals surface area contributed by atoms with Crippen LogP contribution in [-0.2, 0) is 16.0 Å². The summed E-state index contributed by atoms with van der Waals surface area (Å²) in [7, 11) is 1.56. The Morgan fingerprint density at radius 3 is 2.82 bits per heavy atom. The lowest BCUT2D eigenvalue weighted by atomic mass is 9.89. The van der Waals surface area contributed by atoms with Crippen LogP contribution in [0.3, 0.4) is 0 Å². The zero-order valence-corrected chi connectivity index (χ0v) is 19.9. The lowest BCUT2D eigenvalue weighted by molar-refractivity contribution is -0.135. The summed E-state index contributed by atoms with van der Waals surface area (Å²) in [6.45, 7) is 5.35. The van der Waals surface area contributed by atoms with Gasteiger partial charge in [-0.25, -0.2) is 0 Å². The molecule has 2 aromatic carbocycles. The number of Topliss-reactive ketones (excluding diaryl/α,β-unsaturated/α-hetero) is 1. The molecule has 3 aliphatic rings. The summed E-state index contributed by atoms with van der Waals surface area (Å²) in [5.41, 5.74) is 2.92. The first kappa shape index (κ1) is 22.4. The summed E-state index contributed by atoms with van der Waals surface area (Å²) in [5.74, 6) is 0.732. The zero-order valence-electron chi connectivity index (χ0n) is 19.9. The molecule has 3 aliphatic heterocycles. The minimum absolute atomic E-state index is 0.00307. The van der Waals surface area contributed by atoms with E-state index in [0.717, 1.165) is 23.2 Å². The number of aryl methyl sites for hydroxylation is 2. The number of para-hydroxylation sites is 1. The van der Waals surface area contributed by atoms with Gasteiger partial charge in [0.05, 0.1) is 31.6 Å². The molecule has 2 atom stereocenters. The Kier molecular flexibility index (Phi) is 5.58. The van der Waals surface area contributed by atoms with E-state index in [4.69, 9.17) is 9.47 Å². The summed E-state index contributed by atoms with van der Waals surface area (Å²) in [6, 6.07) is 11.3. The first-order valence-corrected chi connectivity index (χ1v) is 11.9. The Bertz CT molecular complexity index is 1180. The molecule has 0 saturated carbocycles. The largest absolute Gasteiger partial charge is 0.497 e. The Morgan fingerprint density at radius 2 is 2.06 bits per heavy atom. The lowest BCUT2D eigenvalue weighted by Gasteiger charge is -2.35. The van der Waals surface area contributed by atoms with E-state index in [2.05, 4.69) is 6.92 Å². The SMILES string of the molecule is CCc1cccc(C)c1N1CC(C(=O)N2CCC3(CC(=O)c4cc(OC)ccc4O3)C2)CC1=O. The van der Waals surface area contributed by atoms with Gasteiger partial charge in [0.25, 0.3) is 0 Å². The number of ether oxygens (including phenoxy) is 2. The van der Waals surface area contributed by atoms with Gasteiger partial charge in [-0.1, -0.05) is 25.1 Å². The van der Waals surface area contributed by atoms with Crippen LogP contribution in [0, 0.1) is 12.8 Å². The Labute approximate surface area is 199 Å². The first-order valence-electron chi connectivity index (χ1n) is 11.9. The van der Waals surface area contributed by atoms with Crippen LogP contribution >= 0.6 is 0 Å². The highest BCUT2D eigenvalue weighted by atomic mass is 16.5. The number of benzene rings is 2. The van der Waals surface area contributed by atoms with Crippen LogP contribution in [-0.4, -0.2) is 54.8 Å². The Balaban J connectivity index is 1.31. The molecule has 2 fully saturated rings. The standard InChI is InChI=1S/C27H30N2O5/c1-4-18-7-5-6-17(2)25(18)29-15-19(12-24(29)31)26(32)28-11-10-27(16-28)14-22(30)21-13-20(33-3)8-9-23(21)34-27/h5-9,13,19H,4,10-12,14-16H2,1-3H3. The van der Waals surface area contributed by atoms with Crippen LogP contribution in [0.4, 0.5) is 5.69 Å². The highest BCUT2D eigenvalue weighted by molar-refractivity contribution is 6.02. The average molecular weight is 463 g/mol. The number of hydrogen-bond donors (Lipinski definition) is 0. The predicted molar refractivity (Wildman–Crippen MR) is 128 cm³/mol. The van der Waals surface area contributed by atoms with E-state index in [1.54, 1.807) is 35.1 Å². The second-order valence-electron chi connectivity index (χ2n) is 9.60. The van der Waals surface area contributed by atoms with E-state index in [1.165, 1.54) is 0 Å². The smallest absolute Gasteiger partial charge is 0.228 e. The molecule has 2 amide bonds. The summed E-state index contributed by atoms with van der Waals surface area (Å²) in [5, 5.41) is 0. The minimum Gasteiger partial charge on any atom is -0.497 e. The van der Waals surface area contributed by atoms with Gasteiger partial charge >= 0.3 is 0 Å². The maximum atomic E-state index is 13.4.